The number of hydrogen-bond donors (Lipinski definition) is 4. The summed E-state index contributed by atoms with van der Waals surface area (Å²) in [6.45, 7) is 0. The van der Waals surface area contributed by atoms with Gasteiger partial charge in [-0.1, -0.05) is 17.7 Å². The van der Waals surface area contributed by atoms with Gasteiger partial charge in [-0.15, -0.1) is 11.3 Å². The molecule has 3 rings (SSSR count). The van der Waals surface area contributed by atoms with Crippen molar-refractivity contribution in [3.63, 3.8) is 0 Å². The van der Waals surface area contributed by atoms with E-state index in [1.807, 2.05) is 0 Å². The van der Waals surface area contributed by atoms with Crippen LogP contribution >= 0.6 is 22.9 Å². The molecule has 0 spiro atoms. The first-order valence-corrected chi connectivity index (χ1v) is 10.2. The maximum absolute atomic E-state index is 12.0. The molecule has 0 saturated carbocycles. The van der Waals surface area contributed by atoms with Crippen LogP contribution in [0.5, 0.6) is 11.5 Å². The van der Waals surface area contributed by atoms with Crippen LogP contribution in [0.2, 0.25) is 4.34 Å². The average Bonchev–Trinajstić information content (AvgIpc) is 3.02. The van der Waals surface area contributed by atoms with Crippen LogP contribution in [-0.4, -0.2) is 32.1 Å². The quantitative estimate of drug-likeness (QED) is 0.321. The molecule has 1 atom stereocenters. The third-order valence-corrected chi connectivity index (χ3v) is 6.20. The molecule has 0 aliphatic rings. The van der Waals surface area contributed by atoms with Gasteiger partial charge in [-0.2, -0.15) is 0 Å². The largest absolute Gasteiger partial charge is 0.507 e. The Morgan fingerprint density at radius 2 is 1.97 bits per heavy atom. The van der Waals surface area contributed by atoms with Gasteiger partial charge in [0.05, 0.1) is 18.5 Å². The van der Waals surface area contributed by atoms with E-state index in [9.17, 15) is 18.7 Å². The number of ether oxygens (including phenoxy) is 1. The van der Waals surface area contributed by atoms with E-state index in [0.29, 0.717) is 31.9 Å². The summed E-state index contributed by atoms with van der Waals surface area (Å²) in [6, 6.07) is 10.3. The van der Waals surface area contributed by atoms with Crippen molar-refractivity contribution in [2.45, 2.75) is 0 Å². The van der Waals surface area contributed by atoms with Gasteiger partial charge >= 0.3 is 5.97 Å². The van der Waals surface area contributed by atoms with Crippen LogP contribution < -0.4 is 14.8 Å². The van der Waals surface area contributed by atoms with Gasteiger partial charge in [0.1, 0.15) is 26.4 Å². The fourth-order valence-electron chi connectivity index (χ4n) is 2.65. The van der Waals surface area contributed by atoms with Gasteiger partial charge < -0.3 is 20.7 Å². The summed E-state index contributed by atoms with van der Waals surface area (Å²) in [5.41, 5.74) is 7.36. The third-order valence-electron chi connectivity index (χ3n) is 4.02. The SMILES string of the molecule is COc1cc(-c2cc(N(c3ccc(C(=O)O)c(O)c3)S(=O)O)sc2Cl)ccc1N. The van der Waals surface area contributed by atoms with E-state index >= 15 is 0 Å². The van der Waals surface area contributed by atoms with Crippen molar-refractivity contribution < 1.29 is 28.5 Å². The van der Waals surface area contributed by atoms with E-state index in [-0.39, 0.29) is 11.3 Å². The minimum atomic E-state index is -2.51. The zero-order chi connectivity index (χ0) is 21.3. The maximum Gasteiger partial charge on any atom is 0.339 e. The van der Waals surface area contributed by atoms with E-state index in [1.165, 1.54) is 13.2 Å². The fraction of sp³-hybridized carbons (Fsp3) is 0.0556. The number of carboxylic acid groups (broad SMARTS) is 1. The van der Waals surface area contributed by atoms with Crippen molar-refractivity contribution in [3.8, 4) is 22.6 Å². The Morgan fingerprint density at radius 3 is 2.55 bits per heavy atom. The van der Waals surface area contributed by atoms with E-state index in [4.69, 9.17) is 27.2 Å². The van der Waals surface area contributed by atoms with Gasteiger partial charge in [0.2, 0.25) is 0 Å². The molecule has 3 aromatic rings. The zero-order valence-corrected chi connectivity index (χ0v) is 17.2. The van der Waals surface area contributed by atoms with E-state index in [1.54, 1.807) is 24.3 Å². The number of rotatable bonds is 6. The Morgan fingerprint density at radius 1 is 1.24 bits per heavy atom. The molecule has 11 heteroatoms. The number of hydrogen-bond acceptors (Lipinski definition) is 6. The van der Waals surface area contributed by atoms with Gasteiger partial charge in [-0.05, 0) is 35.9 Å². The molecule has 1 heterocycles. The average molecular weight is 455 g/mol. The minimum Gasteiger partial charge on any atom is -0.507 e. The van der Waals surface area contributed by atoms with Gasteiger partial charge in [-0.25, -0.2) is 13.3 Å². The molecule has 8 nitrogen and oxygen atoms in total. The molecule has 152 valence electrons. The second kappa shape index (κ2) is 8.29. The lowest BCUT2D eigenvalue weighted by atomic mass is 10.1. The number of phenols is 1. The van der Waals surface area contributed by atoms with Crippen LogP contribution in [-0.2, 0) is 11.3 Å². The number of thiophene rings is 1. The summed E-state index contributed by atoms with van der Waals surface area (Å²) in [7, 11) is 1.49. The predicted octanol–water partition coefficient (Wildman–Crippen LogP) is 4.34. The third kappa shape index (κ3) is 4.15. The molecular weight excluding hydrogens is 440 g/mol. The number of nitrogens with zero attached hydrogens (tertiary/aromatic N) is 1. The van der Waals surface area contributed by atoms with Gasteiger partial charge in [0.25, 0.3) is 11.3 Å². The molecule has 0 radical (unpaired) electrons. The molecule has 0 aliphatic heterocycles. The number of anilines is 3. The highest BCUT2D eigenvalue weighted by molar-refractivity contribution is 7.81. The number of methoxy groups -OCH3 is 1. The monoisotopic (exact) mass is 454 g/mol. The summed E-state index contributed by atoms with van der Waals surface area (Å²) in [5.74, 6) is -1.39. The van der Waals surface area contributed by atoms with Crippen molar-refractivity contribution in [2.75, 3.05) is 17.1 Å². The van der Waals surface area contributed by atoms with Crippen molar-refractivity contribution in [1.29, 1.82) is 0 Å². The summed E-state index contributed by atoms with van der Waals surface area (Å²) in [4.78, 5) is 11.1. The summed E-state index contributed by atoms with van der Waals surface area (Å²) in [6.07, 6.45) is 0. The smallest absolute Gasteiger partial charge is 0.339 e. The number of nitrogen functional groups attached to an aromatic ring is 1. The Hall–Kier alpha value is -2.79. The molecule has 0 aliphatic carbocycles. The Bertz CT molecular complexity index is 1120. The molecule has 1 unspecified atom stereocenters. The first-order valence-electron chi connectivity index (χ1n) is 7.93. The highest BCUT2D eigenvalue weighted by Crippen LogP contribution is 2.44. The normalized spacial score (nSPS) is 11.8. The highest BCUT2D eigenvalue weighted by Gasteiger charge is 2.22. The zero-order valence-electron chi connectivity index (χ0n) is 14.8. The molecule has 29 heavy (non-hydrogen) atoms. The molecule has 0 saturated heterocycles. The molecule has 5 N–H and O–H groups in total. The number of aromatic hydroxyl groups is 1. The first-order chi connectivity index (χ1) is 13.7. The van der Waals surface area contributed by atoms with Gasteiger partial charge in [-0.3, -0.25) is 4.55 Å². The Balaban J connectivity index is 2.07. The predicted molar refractivity (Wildman–Crippen MR) is 114 cm³/mol. The topological polar surface area (TPSA) is 133 Å². The van der Waals surface area contributed by atoms with Crippen LogP contribution in [0, 0.1) is 0 Å². The Labute approximate surface area is 177 Å². The molecule has 1 aromatic heterocycles. The number of halogens is 1. The van der Waals surface area contributed by atoms with Crippen LogP contribution in [0.25, 0.3) is 11.1 Å². The molecule has 0 amide bonds. The number of carboxylic acids is 1. The van der Waals surface area contributed by atoms with Crippen molar-refractivity contribution in [3.05, 3.63) is 52.4 Å². The van der Waals surface area contributed by atoms with Crippen molar-refractivity contribution >= 4 is 56.5 Å². The van der Waals surface area contributed by atoms with E-state index in [0.717, 1.165) is 27.8 Å². The summed E-state index contributed by atoms with van der Waals surface area (Å²) in [5, 5.41) is 19.3. The van der Waals surface area contributed by atoms with Crippen molar-refractivity contribution in [2.24, 2.45) is 0 Å². The Kier molecular flexibility index (Phi) is 5.99. The number of aromatic carboxylic acids is 1. The minimum absolute atomic E-state index is 0.118. The molecule has 0 bridgehead atoms. The molecule has 2 aromatic carbocycles. The number of nitrogens with two attached hydrogens (primary N) is 1. The van der Waals surface area contributed by atoms with E-state index < -0.39 is 23.0 Å². The fourth-order valence-corrected chi connectivity index (χ4v) is 4.69. The highest BCUT2D eigenvalue weighted by atomic mass is 35.5. The summed E-state index contributed by atoms with van der Waals surface area (Å²) >= 11 is 4.89. The van der Waals surface area contributed by atoms with Gasteiger partial charge in [0, 0.05) is 11.6 Å². The second-order valence-electron chi connectivity index (χ2n) is 5.76. The van der Waals surface area contributed by atoms with Gasteiger partial charge in [0.15, 0.2) is 0 Å². The van der Waals surface area contributed by atoms with Crippen molar-refractivity contribution in [1.82, 2.24) is 0 Å². The molecule has 0 fully saturated rings. The molecular formula is C18H15ClN2O6S2. The van der Waals surface area contributed by atoms with Crippen LogP contribution in [0.4, 0.5) is 16.4 Å². The van der Waals surface area contributed by atoms with E-state index in [2.05, 4.69) is 0 Å². The lowest BCUT2D eigenvalue weighted by molar-refractivity contribution is 0.0694. The first kappa shape index (κ1) is 20.9. The second-order valence-corrected chi connectivity index (χ2v) is 8.22. The number of benzene rings is 2. The number of carbonyl (C=O) groups is 1. The lowest BCUT2D eigenvalue weighted by Gasteiger charge is -2.18. The standard InChI is InChI=1S/C18H15ClN2O6S2/c1-27-15-6-9(2-5-13(15)20)12-8-16(28-17(12)19)21(29(25)26)10-3-4-11(18(23)24)14(22)7-10/h2-8,22H,20H2,1H3,(H,23,24)(H,25,26). The van der Waals surface area contributed by atoms with Crippen LogP contribution in [0.15, 0.2) is 42.5 Å². The maximum atomic E-state index is 12.0. The van der Waals surface area contributed by atoms with Crippen LogP contribution in [0.1, 0.15) is 10.4 Å². The van der Waals surface area contributed by atoms with Crippen LogP contribution in [0.3, 0.4) is 0 Å². The lowest BCUT2D eigenvalue weighted by Crippen LogP contribution is -2.18. The summed E-state index contributed by atoms with van der Waals surface area (Å²) < 4.78 is 28.4.